The van der Waals surface area contributed by atoms with Gasteiger partial charge in [0.25, 0.3) is 0 Å². The topological polar surface area (TPSA) is 104 Å². The Bertz CT molecular complexity index is 899. The summed E-state index contributed by atoms with van der Waals surface area (Å²) < 4.78 is 21.0. The van der Waals surface area contributed by atoms with Crippen LogP contribution in [-0.2, 0) is 11.3 Å². The third-order valence-corrected chi connectivity index (χ3v) is 3.83. The van der Waals surface area contributed by atoms with Gasteiger partial charge in [0.2, 0.25) is 11.7 Å². The first-order chi connectivity index (χ1) is 13.1. The maximum absolute atomic E-state index is 5.40. The predicted molar refractivity (Wildman–Crippen MR) is 97.6 cm³/mol. The molecule has 27 heavy (non-hydrogen) atoms. The number of anilines is 1. The first kappa shape index (κ1) is 18.6. The number of aromatic nitrogens is 4. The van der Waals surface area contributed by atoms with Crippen LogP contribution in [0.5, 0.6) is 11.5 Å². The zero-order valence-corrected chi connectivity index (χ0v) is 15.6. The Morgan fingerprint density at radius 3 is 2.63 bits per heavy atom. The molecule has 0 radical (unpaired) electrons. The van der Waals surface area contributed by atoms with Crippen molar-refractivity contribution in [1.29, 1.82) is 0 Å². The van der Waals surface area contributed by atoms with Crippen molar-refractivity contribution in [3.8, 4) is 22.9 Å². The van der Waals surface area contributed by atoms with Gasteiger partial charge in [0.15, 0.2) is 11.5 Å². The Labute approximate surface area is 156 Å². The second-order valence-electron chi connectivity index (χ2n) is 5.72. The fourth-order valence-corrected chi connectivity index (χ4v) is 2.49. The van der Waals surface area contributed by atoms with Gasteiger partial charge in [-0.1, -0.05) is 5.16 Å². The molecule has 1 atom stereocenters. The molecule has 0 saturated heterocycles. The molecule has 0 aliphatic carbocycles. The first-order valence-corrected chi connectivity index (χ1v) is 8.27. The van der Waals surface area contributed by atoms with E-state index in [1.807, 2.05) is 19.1 Å². The van der Waals surface area contributed by atoms with Gasteiger partial charge in [0.1, 0.15) is 18.2 Å². The molecule has 0 fully saturated rings. The Kier molecular flexibility index (Phi) is 5.82. The van der Waals surface area contributed by atoms with E-state index in [1.165, 1.54) is 6.33 Å². The van der Waals surface area contributed by atoms with Crippen LogP contribution >= 0.6 is 0 Å². The lowest BCUT2D eigenvalue weighted by Gasteiger charge is -2.10. The minimum absolute atomic E-state index is 0.239. The highest BCUT2D eigenvalue weighted by atomic mass is 16.5. The summed E-state index contributed by atoms with van der Waals surface area (Å²) in [5.41, 5.74) is 1.54. The summed E-state index contributed by atoms with van der Waals surface area (Å²) in [6.07, 6.45) is 1.48. The van der Waals surface area contributed by atoms with Gasteiger partial charge in [-0.15, -0.1) is 0 Å². The summed E-state index contributed by atoms with van der Waals surface area (Å²) in [6.45, 7) is 2.32. The van der Waals surface area contributed by atoms with E-state index in [4.69, 9.17) is 18.7 Å². The fraction of sp³-hybridized carbons (Fsp3) is 0.333. The van der Waals surface area contributed by atoms with E-state index in [9.17, 15) is 0 Å². The lowest BCUT2D eigenvalue weighted by atomic mass is 10.2. The lowest BCUT2D eigenvalue weighted by molar-refractivity contribution is 0.181. The standard InChI is InChI=1S/C18H21N5O4/c1-11(21-16-8-13(9-24-2)19-10-20-16)18-22-17(23-27-18)12-5-6-14(25-3)15(7-12)26-4/h5-8,10-11H,9H2,1-4H3,(H,19,20,21). The monoisotopic (exact) mass is 371 g/mol. The van der Waals surface area contributed by atoms with E-state index < -0.39 is 0 Å². The molecule has 3 rings (SSSR count). The third-order valence-electron chi connectivity index (χ3n) is 3.83. The summed E-state index contributed by atoms with van der Waals surface area (Å²) in [6, 6.07) is 7.01. The van der Waals surface area contributed by atoms with Gasteiger partial charge in [0.05, 0.1) is 26.5 Å². The van der Waals surface area contributed by atoms with Gasteiger partial charge < -0.3 is 24.1 Å². The minimum atomic E-state index is -0.239. The van der Waals surface area contributed by atoms with Crippen molar-refractivity contribution in [2.45, 2.75) is 19.6 Å². The molecule has 1 unspecified atom stereocenters. The van der Waals surface area contributed by atoms with Crippen molar-refractivity contribution in [1.82, 2.24) is 20.1 Å². The predicted octanol–water partition coefficient (Wildman–Crippen LogP) is 2.86. The van der Waals surface area contributed by atoms with Crippen LogP contribution in [0, 0.1) is 0 Å². The second kappa shape index (κ2) is 8.45. The fourth-order valence-electron chi connectivity index (χ4n) is 2.49. The average molecular weight is 371 g/mol. The smallest absolute Gasteiger partial charge is 0.249 e. The molecule has 9 nitrogen and oxygen atoms in total. The van der Waals surface area contributed by atoms with Crippen LogP contribution in [0.15, 0.2) is 35.1 Å². The molecular formula is C18H21N5O4. The summed E-state index contributed by atoms with van der Waals surface area (Å²) in [5.74, 6) is 2.78. The van der Waals surface area contributed by atoms with E-state index in [0.29, 0.717) is 35.6 Å². The lowest BCUT2D eigenvalue weighted by Crippen LogP contribution is -2.09. The quantitative estimate of drug-likeness (QED) is 0.640. The molecule has 0 bridgehead atoms. The number of benzene rings is 1. The zero-order valence-electron chi connectivity index (χ0n) is 15.6. The SMILES string of the molecule is COCc1cc(NC(C)c2nc(-c3ccc(OC)c(OC)c3)no2)ncn1. The van der Waals surface area contributed by atoms with E-state index in [1.54, 1.807) is 33.5 Å². The molecule has 2 aromatic heterocycles. The van der Waals surface area contributed by atoms with Crippen LogP contribution in [0.1, 0.15) is 24.6 Å². The van der Waals surface area contributed by atoms with Crippen LogP contribution in [0.25, 0.3) is 11.4 Å². The van der Waals surface area contributed by atoms with Crippen LogP contribution in [0.3, 0.4) is 0 Å². The van der Waals surface area contributed by atoms with Crippen LogP contribution in [-0.4, -0.2) is 41.4 Å². The molecule has 9 heteroatoms. The number of hydrogen-bond donors (Lipinski definition) is 1. The first-order valence-electron chi connectivity index (χ1n) is 8.27. The Balaban J connectivity index is 1.76. The van der Waals surface area contributed by atoms with Gasteiger partial charge in [-0.05, 0) is 25.1 Å². The van der Waals surface area contributed by atoms with Gasteiger partial charge in [-0.2, -0.15) is 4.98 Å². The van der Waals surface area contributed by atoms with E-state index in [-0.39, 0.29) is 6.04 Å². The van der Waals surface area contributed by atoms with Crippen LogP contribution in [0.4, 0.5) is 5.82 Å². The molecular weight excluding hydrogens is 350 g/mol. The Morgan fingerprint density at radius 2 is 1.89 bits per heavy atom. The highest BCUT2D eigenvalue weighted by Crippen LogP contribution is 2.31. The molecule has 3 aromatic rings. The maximum Gasteiger partial charge on any atom is 0.249 e. The van der Waals surface area contributed by atoms with Gasteiger partial charge in [0, 0.05) is 18.7 Å². The van der Waals surface area contributed by atoms with E-state index in [0.717, 1.165) is 11.3 Å². The molecule has 0 spiro atoms. The molecule has 0 amide bonds. The largest absolute Gasteiger partial charge is 0.493 e. The summed E-state index contributed by atoms with van der Waals surface area (Å²) in [4.78, 5) is 12.8. The molecule has 142 valence electrons. The molecule has 0 aliphatic heterocycles. The van der Waals surface area contributed by atoms with Crippen molar-refractivity contribution >= 4 is 5.82 Å². The molecule has 0 aliphatic rings. The van der Waals surface area contributed by atoms with E-state index in [2.05, 4.69) is 25.4 Å². The van der Waals surface area contributed by atoms with Gasteiger partial charge in [-0.25, -0.2) is 9.97 Å². The Morgan fingerprint density at radius 1 is 1.07 bits per heavy atom. The van der Waals surface area contributed by atoms with Crippen molar-refractivity contribution in [3.63, 3.8) is 0 Å². The number of nitrogens with one attached hydrogen (secondary N) is 1. The van der Waals surface area contributed by atoms with Crippen LogP contribution < -0.4 is 14.8 Å². The molecule has 2 heterocycles. The normalized spacial score (nSPS) is 11.9. The number of nitrogens with zero attached hydrogens (tertiary/aromatic N) is 4. The summed E-state index contributed by atoms with van der Waals surface area (Å²) >= 11 is 0. The molecule has 1 aromatic carbocycles. The van der Waals surface area contributed by atoms with Gasteiger partial charge >= 0.3 is 0 Å². The van der Waals surface area contributed by atoms with E-state index >= 15 is 0 Å². The van der Waals surface area contributed by atoms with Crippen molar-refractivity contribution < 1.29 is 18.7 Å². The van der Waals surface area contributed by atoms with Crippen LogP contribution in [0.2, 0.25) is 0 Å². The van der Waals surface area contributed by atoms with Crippen molar-refractivity contribution in [3.05, 3.63) is 42.2 Å². The highest BCUT2D eigenvalue weighted by Gasteiger charge is 2.17. The Hall–Kier alpha value is -3.20. The zero-order chi connectivity index (χ0) is 19.2. The average Bonchev–Trinajstić information content (AvgIpc) is 3.18. The summed E-state index contributed by atoms with van der Waals surface area (Å²) in [5, 5.41) is 7.27. The number of rotatable bonds is 8. The van der Waals surface area contributed by atoms with Crippen molar-refractivity contribution in [2.75, 3.05) is 26.6 Å². The third kappa shape index (κ3) is 4.32. The number of ether oxygens (including phenoxy) is 3. The summed E-state index contributed by atoms with van der Waals surface area (Å²) in [7, 11) is 4.78. The number of hydrogen-bond acceptors (Lipinski definition) is 9. The second-order valence-corrected chi connectivity index (χ2v) is 5.72. The highest BCUT2D eigenvalue weighted by molar-refractivity contribution is 5.60. The maximum atomic E-state index is 5.40. The molecule has 0 saturated carbocycles. The number of methoxy groups -OCH3 is 3. The minimum Gasteiger partial charge on any atom is -0.493 e. The van der Waals surface area contributed by atoms with Crippen molar-refractivity contribution in [2.24, 2.45) is 0 Å². The molecule has 1 N–H and O–H groups in total. The van der Waals surface area contributed by atoms with Gasteiger partial charge in [-0.3, -0.25) is 0 Å².